The van der Waals surface area contributed by atoms with Crippen molar-refractivity contribution >= 4 is 88.3 Å². The number of furan rings is 4. The molecule has 12 heterocycles. The first-order chi connectivity index (χ1) is 49.2. The second-order valence-electron chi connectivity index (χ2n) is 28.3. The lowest BCUT2D eigenvalue weighted by molar-refractivity contribution is -0.660. The third kappa shape index (κ3) is 13.5. The minimum atomic E-state index is 0.382. The molecule has 0 radical (unpaired) electrons. The first kappa shape index (κ1) is 69.7. The van der Waals surface area contributed by atoms with Gasteiger partial charge in [-0.05, 0) is 178 Å². The van der Waals surface area contributed by atoms with Gasteiger partial charge in [0.15, 0.2) is 47.1 Å². The molecule has 16 rings (SSSR count). The van der Waals surface area contributed by atoms with E-state index in [-0.39, 0.29) is 0 Å². The van der Waals surface area contributed by atoms with E-state index in [0.717, 1.165) is 166 Å². The van der Waals surface area contributed by atoms with Crippen LogP contribution in [0.15, 0.2) is 188 Å². The van der Waals surface area contributed by atoms with Crippen LogP contribution >= 0.6 is 0 Å². The molecule has 12 heteroatoms. The number of benzene rings is 4. The third-order valence-electron chi connectivity index (χ3n) is 20.2. The van der Waals surface area contributed by atoms with Crippen LogP contribution in [0.4, 0.5) is 0 Å². The largest absolute Gasteiger partial charge is 0.437 e. The summed E-state index contributed by atoms with van der Waals surface area (Å²) in [6.07, 6.45) is 14.5. The molecule has 0 amide bonds. The number of aryl methyl sites for hydroxylation is 14. The van der Waals surface area contributed by atoms with Gasteiger partial charge in [-0.1, -0.05) is 111 Å². The average Bonchev–Trinajstić information content (AvgIpc) is 1.61. The molecule has 516 valence electrons. The maximum Gasteiger partial charge on any atom is 0.227 e. The Morgan fingerprint density at radius 2 is 0.608 bits per heavy atom. The fourth-order valence-electron chi connectivity index (χ4n) is 14.1. The number of pyridine rings is 8. The molecule has 0 atom stereocenters. The summed E-state index contributed by atoms with van der Waals surface area (Å²) in [5.41, 5.74) is 30.3. The van der Waals surface area contributed by atoms with Gasteiger partial charge in [0.05, 0.1) is 22.3 Å². The van der Waals surface area contributed by atoms with Gasteiger partial charge in [0, 0.05) is 114 Å². The minimum Gasteiger partial charge on any atom is -0.437 e. The highest BCUT2D eigenvalue weighted by Gasteiger charge is 2.27. The summed E-state index contributed by atoms with van der Waals surface area (Å²) in [5.74, 6) is 0.959. The van der Waals surface area contributed by atoms with E-state index in [2.05, 4.69) is 311 Å². The number of hydrogen-bond acceptors (Lipinski definition) is 8. The van der Waals surface area contributed by atoms with Crippen molar-refractivity contribution in [2.45, 2.75) is 141 Å². The fraction of sp³-hybridized carbons (Fsp3) is 0.289. The minimum absolute atomic E-state index is 0.382. The monoisotopic (exact) mass is 1350 g/mol. The van der Waals surface area contributed by atoms with Crippen LogP contribution in [-0.2, 0) is 66.7 Å². The van der Waals surface area contributed by atoms with Crippen molar-refractivity contribution in [2.75, 3.05) is 0 Å². The Morgan fingerprint density at radius 1 is 0.314 bits per heavy atom. The lowest BCUT2D eigenvalue weighted by Crippen LogP contribution is -2.30. The molecular weight excluding hydrogens is 1260 g/mol. The lowest BCUT2D eigenvalue weighted by Gasteiger charge is -2.06. The molecule has 12 aromatic heterocycles. The van der Waals surface area contributed by atoms with E-state index in [9.17, 15) is 0 Å². The zero-order valence-electron chi connectivity index (χ0n) is 62.8. The van der Waals surface area contributed by atoms with Crippen molar-refractivity contribution in [1.82, 2.24) is 19.9 Å². The first-order valence-electron chi connectivity index (χ1n) is 36.4. The molecule has 0 bridgehead atoms. The number of hydrogen-bond donors (Lipinski definition) is 0. The predicted molar refractivity (Wildman–Crippen MR) is 416 cm³/mol. The summed E-state index contributed by atoms with van der Waals surface area (Å²) in [6, 6.07) is 52.0. The molecule has 0 saturated heterocycles. The van der Waals surface area contributed by atoms with Crippen molar-refractivity contribution in [3.05, 3.63) is 238 Å². The molecule has 0 aliphatic heterocycles. The van der Waals surface area contributed by atoms with Crippen molar-refractivity contribution < 1.29 is 35.9 Å². The van der Waals surface area contributed by atoms with E-state index in [4.69, 9.17) is 27.6 Å². The molecule has 16 aromatic rings. The molecule has 0 spiro atoms. The Morgan fingerprint density at radius 3 is 0.931 bits per heavy atom. The second-order valence-corrected chi connectivity index (χ2v) is 28.3. The quantitative estimate of drug-likeness (QED) is 0.111. The van der Waals surface area contributed by atoms with Crippen LogP contribution in [-0.4, -0.2) is 19.9 Å². The molecule has 0 fully saturated rings. The number of fused-ring (bicyclic) bond motifs is 12. The molecule has 0 aliphatic rings. The van der Waals surface area contributed by atoms with Gasteiger partial charge in [-0.25, -0.2) is 38.2 Å². The van der Waals surface area contributed by atoms with Gasteiger partial charge in [0.1, 0.15) is 28.2 Å². The molecule has 12 nitrogen and oxygen atoms in total. The van der Waals surface area contributed by atoms with Crippen LogP contribution in [0.1, 0.15) is 136 Å². The summed E-state index contributed by atoms with van der Waals surface area (Å²) in [5, 5.41) is 8.86. The molecule has 102 heavy (non-hydrogen) atoms. The van der Waals surface area contributed by atoms with E-state index in [1.165, 1.54) is 67.3 Å². The molecule has 4 aromatic carbocycles. The Labute approximate surface area is 599 Å². The Kier molecular flexibility index (Phi) is 19.9. The van der Waals surface area contributed by atoms with Crippen molar-refractivity contribution in [1.29, 1.82) is 0 Å². The van der Waals surface area contributed by atoms with Crippen molar-refractivity contribution in [3.8, 4) is 45.0 Å². The second kappa shape index (κ2) is 29.1. The smallest absolute Gasteiger partial charge is 0.227 e. The van der Waals surface area contributed by atoms with E-state index >= 15 is 0 Å². The van der Waals surface area contributed by atoms with Gasteiger partial charge in [0.25, 0.3) is 0 Å². The highest BCUT2D eigenvalue weighted by molar-refractivity contribution is 6.12. The van der Waals surface area contributed by atoms with Crippen LogP contribution in [0.2, 0.25) is 0 Å². The third-order valence-corrected chi connectivity index (χ3v) is 20.2. The van der Waals surface area contributed by atoms with E-state index < -0.39 is 0 Å². The zero-order valence-corrected chi connectivity index (χ0v) is 62.8. The number of rotatable bonds is 12. The van der Waals surface area contributed by atoms with Crippen molar-refractivity contribution in [2.24, 2.45) is 34.1 Å². The van der Waals surface area contributed by atoms with Crippen LogP contribution in [0.3, 0.4) is 0 Å². The molecule has 0 N–H and O–H groups in total. The summed E-state index contributed by atoms with van der Waals surface area (Å²) < 4.78 is 33.8. The standard InChI is InChI=1S/C24H27N2O.C23H25N2O.C22H23N2O.C21H21N2O/c1-6-17-11-12-26(5)21(14-17)22-16(4)7-9-19-20-10-8-18(13-15(2)3)25-24(20)27-23(19)22;1-6-16-11-12-25(5)20(13-16)21-15(4)7-8-17-18-9-10-19(14(2)3)24-23(18)26-22(17)21;1-5-15-11-12-24(4)19(13-15)20-14(3)7-9-17-18-10-8-16(6-2)23-22(18)25-21(17)20;1-5-15-10-11-23(4)18(12-15)19-13(2)6-8-16-17-9-7-14(3)22-21(17)24-20(16)19/h7-12,14-15H,6,13H2,1-5H3;7-14H,6H2,1-5H3;7-13H,5-6H2,1-4H3;6-12H,5H2,1-4H3/q4*+1. The highest BCUT2D eigenvalue weighted by Crippen LogP contribution is 2.42. The normalized spacial score (nSPS) is 11.6. The first-order valence-corrected chi connectivity index (χ1v) is 36.4. The highest BCUT2D eigenvalue weighted by atomic mass is 16.4. The fourth-order valence-corrected chi connectivity index (χ4v) is 14.1. The van der Waals surface area contributed by atoms with Crippen LogP contribution in [0, 0.1) is 40.5 Å². The van der Waals surface area contributed by atoms with Gasteiger partial charge in [-0.3, -0.25) is 0 Å². The van der Waals surface area contributed by atoms with E-state index in [1.807, 2.05) is 13.0 Å². The van der Waals surface area contributed by atoms with Gasteiger partial charge < -0.3 is 17.7 Å². The number of aromatic nitrogens is 8. The van der Waals surface area contributed by atoms with E-state index in [0.29, 0.717) is 17.5 Å². The zero-order chi connectivity index (χ0) is 71.9. The summed E-state index contributed by atoms with van der Waals surface area (Å²) >= 11 is 0. The number of nitrogens with zero attached hydrogens (tertiary/aromatic N) is 8. The van der Waals surface area contributed by atoms with Crippen LogP contribution in [0.5, 0.6) is 0 Å². The van der Waals surface area contributed by atoms with E-state index in [1.54, 1.807) is 0 Å². The summed E-state index contributed by atoms with van der Waals surface area (Å²) in [6.45, 7) is 30.2. The van der Waals surface area contributed by atoms with Gasteiger partial charge in [0.2, 0.25) is 45.6 Å². The topological polar surface area (TPSA) is 120 Å². The van der Waals surface area contributed by atoms with Gasteiger partial charge >= 0.3 is 0 Å². The van der Waals surface area contributed by atoms with Gasteiger partial charge in [-0.15, -0.1) is 0 Å². The van der Waals surface area contributed by atoms with Crippen LogP contribution < -0.4 is 18.3 Å². The molecular formula is C90H96N8O4+4. The molecule has 0 unspecified atom stereocenters. The maximum atomic E-state index is 6.35. The maximum absolute atomic E-state index is 6.35. The van der Waals surface area contributed by atoms with Gasteiger partial charge in [-0.2, -0.15) is 0 Å². The SMILES string of the molecule is CCc1cc[n+](C)c(-c2c(C)ccc3c2oc2nc(C(C)C)ccc23)c1.CCc1cc[n+](C)c(-c2c(C)ccc3c2oc2nc(C)ccc23)c1.CCc1cc[n+](C)c(-c2c(C)ccc3c2oc2nc(CC(C)C)ccc23)c1.CCc1cc[n+](C)c(-c2c(C)ccc3c2oc2nc(CC)ccc23)c1. The van der Waals surface area contributed by atoms with Crippen LogP contribution in [0.25, 0.3) is 133 Å². The Balaban J connectivity index is 0.000000121. The Hall–Kier alpha value is -10.7. The summed E-state index contributed by atoms with van der Waals surface area (Å²) in [7, 11) is 8.35. The summed E-state index contributed by atoms with van der Waals surface area (Å²) in [4.78, 5) is 18.8. The molecule has 0 aliphatic carbocycles. The average molecular weight is 1350 g/mol. The van der Waals surface area contributed by atoms with Crippen molar-refractivity contribution in [3.63, 3.8) is 0 Å². The Bertz CT molecular complexity index is 5860. The predicted octanol–water partition coefficient (Wildman–Crippen LogP) is 20.6. The molecule has 0 saturated carbocycles. The lowest BCUT2D eigenvalue weighted by atomic mass is 9.99.